The summed E-state index contributed by atoms with van der Waals surface area (Å²) in [7, 11) is 0. The largest absolute Gasteiger partial charge is 0.272 e. The molecule has 1 aromatic carbocycles. The molecule has 0 saturated heterocycles. The standard InChI is InChI=1S/C22H19F2N5O/c23-16-6-15(7-17(24)8-16)18-3-5-26-29(18)20(30)22-10-21(11-22,12-22)13-28-19-14(9-27-28)2-1-4-25-19/h1-2,4-9,18H,3,10-13H2. The zero-order valence-electron chi connectivity index (χ0n) is 16.1. The molecule has 8 heteroatoms. The van der Waals surface area contributed by atoms with Crippen LogP contribution < -0.4 is 0 Å². The highest BCUT2D eigenvalue weighted by Gasteiger charge is 2.72. The molecule has 1 amide bonds. The minimum absolute atomic E-state index is 0.0451. The first-order chi connectivity index (χ1) is 14.5. The Morgan fingerprint density at radius 2 is 1.93 bits per heavy atom. The number of nitrogens with zero attached hydrogens (tertiary/aromatic N) is 5. The van der Waals surface area contributed by atoms with Gasteiger partial charge in [-0.05, 0) is 54.5 Å². The molecule has 1 atom stereocenters. The van der Waals surface area contributed by atoms with Gasteiger partial charge < -0.3 is 0 Å². The van der Waals surface area contributed by atoms with Crippen molar-refractivity contribution in [1.29, 1.82) is 0 Å². The average molecular weight is 407 g/mol. The van der Waals surface area contributed by atoms with Gasteiger partial charge in [-0.3, -0.25) is 4.79 Å². The number of hydrogen-bond acceptors (Lipinski definition) is 4. The Morgan fingerprint density at radius 3 is 2.70 bits per heavy atom. The molecule has 152 valence electrons. The van der Waals surface area contributed by atoms with E-state index < -0.39 is 23.1 Å². The van der Waals surface area contributed by atoms with Crippen molar-refractivity contribution in [2.45, 2.75) is 38.3 Å². The number of fused-ring (bicyclic) bond motifs is 1. The SMILES string of the molecule is O=C(N1N=CCC1c1cc(F)cc(F)c1)C12CC(Cn3ncc4cccnc43)(C1)C2. The van der Waals surface area contributed by atoms with Crippen LogP contribution in [0.5, 0.6) is 0 Å². The van der Waals surface area contributed by atoms with E-state index in [2.05, 4.69) is 15.2 Å². The van der Waals surface area contributed by atoms with Gasteiger partial charge in [-0.25, -0.2) is 23.5 Å². The summed E-state index contributed by atoms with van der Waals surface area (Å²) in [5, 5.41) is 11.2. The Morgan fingerprint density at radius 1 is 1.17 bits per heavy atom. The maximum Gasteiger partial charge on any atom is 0.249 e. The fraction of sp³-hybridized carbons (Fsp3) is 0.364. The lowest BCUT2D eigenvalue weighted by Gasteiger charge is -2.69. The predicted octanol–water partition coefficient (Wildman–Crippen LogP) is 3.84. The number of aromatic nitrogens is 3. The second kappa shape index (κ2) is 5.93. The van der Waals surface area contributed by atoms with E-state index >= 15 is 0 Å². The molecule has 3 heterocycles. The molecule has 30 heavy (non-hydrogen) atoms. The molecule has 3 aliphatic carbocycles. The summed E-state index contributed by atoms with van der Waals surface area (Å²) in [6.45, 7) is 0.740. The van der Waals surface area contributed by atoms with Gasteiger partial charge in [0.2, 0.25) is 5.91 Å². The molecule has 1 aliphatic heterocycles. The Hall–Kier alpha value is -3.16. The van der Waals surface area contributed by atoms with Crippen LogP contribution in [0.25, 0.3) is 11.0 Å². The van der Waals surface area contributed by atoms with Crippen LogP contribution in [-0.2, 0) is 11.3 Å². The van der Waals surface area contributed by atoms with Gasteiger partial charge in [-0.1, -0.05) is 0 Å². The summed E-state index contributed by atoms with van der Waals surface area (Å²) in [6, 6.07) is 6.82. The summed E-state index contributed by atoms with van der Waals surface area (Å²) < 4.78 is 29.3. The lowest BCUT2D eigenvalue weighted by molar-refractivity contribution is -0.223. The van der Waals surface area contributed by atoms with Crippen molar-refractivity contribution in [2.75, 3.05) is 0 Å². The second-order valence-electron chi connectivity index (χ2n) is 8.93. The van der Waals surface area contributed by atoms with Crippen molar-refractivity contribution in [3.8, 4) is 0 Å². The summed E-state index contributed by atoms with van der Waals surface area (Å²) in [5.74, 6) is -1.33. The molecule has 3 aromatic rings. The third-order valence-corrected chi connectivity index (χ3v) is 6.78. The molecule has 2 bridgehead atoms. The molecule has 3 fully saturated rings. The average Bonchev–Trinajstić information content (AvgIpc) is 3.29. The van der Waals surface area contributed by atoms with Crippen LogP contribution in [0.2, 0.25) is 0 Å². The molecule has 0 radical (unpaired) electrons. The van der Waals surface area contributed by atoms with Crippen LogP contribution in [0.4, 0.5) is 8.78 Å². The van der Waals surface area contributed by atoms with E-state index in [1.165, 1.54) is 17.1 Å². The summed E-state index contributed by atoms with van der Waals surface area (Å²) in [6.07, 6.45) is 8.02. The van der Waals surface area contributed by atoms with Crippen LogP contribution in [0.1, 0.15) is 37.3 Å². The predicted molar refractivity (Wildman–Crippen MR) is 105 cm³/mol. The third-order valence-electron chi connectivity index (χ3n) is 6.78. The summed E-state index contributed by atoms with van der Waals surface area (Å²) >= 11 is 0. The molecule has 2 aromatic heterocycles. The fourth-order valence-electron chi connectivity index (χ4n) is 5.64. The Bertz CT molecular complexity index is 1180. The molecule has 6 nitrogen and oxygen atoms in total. The van der Waals surface area contributed by atoms with Crippen molar-refractivity contribution in [1.82, 2.24) is 19.8 Å². The van der Waals surface area contributed by atoms with Gasteiger partial charge in [-0.15, -0.1) is 0 Å². The minimum atomic E-state index is -0.645. The normalized spacial score (nSPS) is 29.1. The van der Waals surface area contributed by atoms with Gasteiger partial charge in [0.1, 0.15) is 11.6 Å². The first-order valence-corrected chi connectivity index (χ1v) is 10.1. The zero-order valence-corrected chi connectivity index (χ0v) is 16.1. The number of pyridine rings is 1. The maximum atomic E-state index is 13.7. The molecular formula is C22H19F2N5O. The van der Waals surface area contributed by atoms with E-state index in [0.717, 1.165) is 42.9 Å². The van der Waals surface area contributed by atoms with Crippen LogP contribution >= 0.6 is 0 Å². The quantitative estimate of drug-likeness (QED) is 0.660. The first-order valence-electron chi connectivity index (χ1n) is 10.1. The molecule has 7 rings (SSSR count). The van der Waals surface area contributed by atoms with Gasteiger partial charge >= 0.3 is 0 Å². The molecule has 0 spiro atoms. The summed E-state index contributed by atoms with van der Waals surface area (Å²) in [4.78, 5) is 17.7. The highest BCUT2D eigenvalue weighted by molar-refractivity contribution is 5.88. The topological polar surface area (TPSA) is 63.4 Å². The third kappa shape index (κ3) is 2.45. The number of hydrogen-bond donors (Lipinski definition) is 0. The molecule has 0 N–H and O–H groups in total. The number of amides is 1. The van der Waals surface area contributed by atoms with Crippen LogP contribution in [0.3, 0.4) is 0 Å². The van der Waals surface area contributed by atoms with E-state index in [9.17, 15) is 13.6 Å². The highest BCUT2D eigenvalue weighted by Crippen LogP contribution is 2.74. The monoisotopic (exact) mass is 407 g/mol. The van der Waals surface area contributed by atoms with Crippen molar-refractivity contribution < 1.29 is 13.6 Å². The molecule has 4 aliphatic rings. The number of benzene rings is 1. The molecular weight excluding hydrogens is 388 g/mol. The Kier molecular flexibility index (Phi) is 3.50. The van der Waals surface area contributed by atoms with Crippen LogP contribution in [-0.4, -0.2) is 31.9 Å². The van der Waals surface area contributed by atoms with E-state index in [0.29, 0.717) is 12.0 Å². The fourth-order valence-corrected chi connectivity index (χ4v) is 5.64. The van der Waals surface area contributed by atoms with Gasteiger partial charge in [0.15, 0.2) is 5.65 Å². The highest BCUT2D eigenvalue weighted by atomic mass is 19.1. The number of rotatable bonds is 4. The minimum Gasteiger partial charge on any atom is -0.272 e. The zero-order chi connectivity index (χ0) is 20.5. The lowest BCUT2D eigenvalue weighted by atomic mass is 9.34. The van der Waals surface area contributed by atoms with Gasteiger partial charge in [0.05, 0.1) is 17.7 Å². The van der Waals surface area contributed by atoms with E-state index in [1.54, 1.807) is 12.4 Å². The van der Waals surface area contributed by atoms with Gasteiger partial charge in [-0.2, -0.15) is 10.2 Å². The van der Waals surface area contributed by atoms with Gasteiger partial charge in [0, 0.05) is 36.8 Å². The second-order valence-corrected chi connectivity index (χ2v) is 8.93. The Balaban J connectivity index is 1.18. The number of hydrazone groups is 1. The number of halogens is 2. The maximum absolute atomic E-state index is 13.7. The summed E-state index contributed by atoms with van der Waals surface area (Å²) in [5.41, 5.74) is 0.951. The van der Waals surface area contributed by atoms with Crippen LogP contribution in [0, 0.1) is 22.5 Å². The number of carbonyl (C=O) groups is 1. The van der Waals surface area contributed by atoms with E-state index in [1.807, 2.05) is 23.0 Å². The Labute approximate surface area is 171 Å². The van der Waals surface area contributed by atoms with E-state index in [-0.39, 0.29) is 11.3 Å². The lowest BCUT2D eigenvalue weighted by Crippen LogP contribution is -2.68. The van der Waals surface area contributed by atoms with Gasteiger partial charge in [0.25, 0.3) is 0 Å². The van der Waals surface area contributed by atoms with Crippen molar-refractivity contribution in [3.63, 3.8) is 0 Å². The smallest absolute Gasteiger partial charge is 0.249 e. The van der Waals surface area contributed by atoms with Crippen molar-refractivity contribution in [2.24, 2.45) is 15.9 Å². The molecule has 3 saturated carbocycles. The van der Waals surface area contributed by atoms with Crippen molar-refractivity contribution in [3.05, 3.63) is 59.9 Å². The van der Waals surface area contributed by atoms with Crippen LogP contribution in [0.15, 0.2) is 47.8 Å². The first kappa shape index (κ1) is 17.7. The van der Waals surface area contributed by atoms with Crippen molar-refractivity contribution >= 4 is 23.2 Å². The number of carbonyl (C=O) groups excluding carboxylic acids is 1. The van der Waals surface area contributed by atoms with E-state index in [4.69, 9.17) is 0 Å². The molecule has 1 unspecified atom stereocenters.